The first-order valence-corrected chi connectivity index (χ1v) is 8.28. The molecule has 2 aliphatic heterocycles. The van der Waals surface area contributed by atoms with E-state index in [1.54, 1.807) is 0 Å². The van der Waals surface area contributed by atoms with Gasteiger partial charge in [0.1, 0.15) is 0 Å². The minimum absolute atomic E-state index is 0.0417. The van der Waals surface area contributed by atoms with Crippen LogP contribution in [-0.2, 0) is 33.4 Å². The van der Waals surface area contributed by atoms with Crippen molar-refractivity contribution in [2.75, 3.05) is 13.2 Å². The Kier molecular flexibility index (Phi) is 8.70. The lowest BCUT2D eigenvalue weighted by Crippen LogP contribution is -2.38. The van der Waals surface area contributed by atoms with Gasteiger partial charge in [-0.25, -0.2) is 0 Å². The Morgan fingerprint density at radius 1 is 1.15 bits per heavy atom. The maximum absolute atomic E-state index is 11.1. The van der Waals surface area contributed by atoms with Gasteiger partial charge in [-0.05, 0) is 12.8 Å². The van der Waals surface area contributed by atoms with Crippen molar-refractivity contribution in [2.45, 2.75) is 57.0 Å². The van der Waals surface area contributed by atoms with E-state index in [2.05, 4.69) is 5.32 Å². The van der Waals surface area contributed by atoms with Gasteiger partial charge in [0.2, 0.25) is 11.8 Å². The molecule has 2 fully saturated rings. The predicted molar refractivity (Wildman–Crippen MR) is 84.6 cm³/mol. The minimum Gasteiger partial charge on any atom is -0.481 e. The van der Waals surface area contributed by atoms with Crippen LogP contribution in [0.5, 0.6) is 0 Å². The van der Waals surface area contributed by atoms with E-state index < -0.39 is 23.5 Å². The minimum atomic E-state index is -1.08. The second-order valence-electron chi connectivity index (χ2n) is 6.06. The highest BCUT2D eigenvalue weighted by molar-refractivity contribution is 6.01. The summed E-state index contributed by atoms with van der Waals surface area (Å²) in [7, 11) is 0. The summed E-state index contributed by atoms with van der Waals surface area (Å²) < 4.78 is 9.56. The number of esters is 2. The number of hydrogen-bond acceptors (Lipinski definition) is 8. The van der Waals surface area contributed by atoms with Crippen molar-refractivity contribution in [2.24, 2.45) is 0 Å². The second-order valence-corrected chi connectivity index (χ2v) is 6.06. The second kappa shape index (κ2) is 10.5. The molecule has 0 spiro atoms. The Bertz CT molecular complexity index is 546. The third-order valence-electron chi connectivity index (χ3n) is 3.75. The van der Waals surface area contributed by atoms with E-state index in [0.29, 0.717) is 32.1 Å². The van der Waals surface area contributed by atoms with Gasteiger partial charge in [0, 0.05) is 19.3 Å². The summed E-state index contributed by atoms with van der Waals surface area (Å²) in [5.74, 6) is -2.34. The first-order valence-electron chi connectivity index (χ1n) is 8.28. The number of aliphatic hydroxyl groups is 1. The fraction of sp³-hybridized carbons (Fsp3) is 0.688. The number of rotatable bonds is 7. The summed E-state index contributed by atoms with van der Waals surface area (Å²) >= 11 is 0. The zero-order valence-corrected chi connectivity index (χ0v) is 14.3. The average molecular weight is 373 g/mol. The number of hydrogen-bond donors (Lipinski definition) is 3. The zero-order valence-electron chi connectivity index (χ0n) is 14.3. The summed E-state index contributed by atoms with van der Waals surface area (Å²) in [4.78, 5) is 52.6. The van der Waals surface area contributed by atoms with Crippen LogP contribution in [0.1, 0.15) is 51.4 Å². The summed E-state index contributed by atoms with van der Waals surface area (Å²) in [6.07, 6.45) is 1.43. The summed E-state index contributed by atoms with van der Waals surface area (Å²) in [6.45, 7) is 0.309. The molecule has 2 aliphatic rings. The molecule has 0 radical (unpaired) electrons. The fourth-order valence-corrected chi connectivity index (χ4v) is 2.35. The first-order chi connectivity index (χ1) is 12.2. The van der Waals surface area contributed by atoms with Crippen LogP contribution in [0.4, 0.5) is 0 Å². The van der Waals surface area contributed by atoms with Crippen LogP contribution in [0.15, 0.2) is 0 Å². The van der Waals surface area contributed by atoms with Gasteiger partial charge < -0.3 is 19.7 Å². The molecular weight excluding hydrogens is 350 g/mol. The fourth-order valence-electron chi connectivity index (χ4n) is 2.35. The van der Waals surface area contributed by atoms with Crippen LogP contribution in [0.3, 0.4) is 0 Å². The zero-order chi connectivity index (χ0) is 19.6. The van der Waals surface area contributed by atoms with E-state index in [1.807, 2.05) is 0 Å². The number of cyclic esters (lactones) is 1. The number of nitrogens with one attached hydrogen (secondary N) is 1. The topological polar surface area (TPSA) is 156 Å². The lowest BCUT2D eigenvalue weighted by molar-refractivity contribution is -0.161. The lowest BCUT2D eigenvalue weighted by Gasteiger charge is -2.30. The number of carbonyl (C=O) groups is 5. The number of aliphatic carboxylic acids is 1. The summed E-state index contributed by atoms with van der Waals surface area (Å²) in [5.41, 5.74) is -1.08. The molecule has 10 nitrogen and oxygen atoms in total. The lowest BCUT2D eigenvalue weighted by atomic mass is 9.89. The van der Waals surface area contributed by atoms with Crippen molar-refractivity contribution in [1.29, 1.82) is 0 Å². The maximum Gasteiger partial charge on any atom is 0.308 e. The molecular formula is C16H23NO9. The molecule has 0 aliphatic carbocycles. The largest absolute Gasteiger partial charge is 0.481 e. The number of ether oxygens (including phenoxy) is 2. The molecule has 2 heterocycles. The highest BCUT2D eigenvalue weighted by Crippen LogP contribution is 2.26. The van der Waals surface area contributed by atoms with E-state index in [4.69, 9.17) is 14.6 Å². The number of imide groups is 1. The van der Waals surface area contributed by atoms with Gasteiger partial charge >= 0.3 is 17.9 Å². The number of carboxylic acid groups (broad SMARTS) is 1. The molecule has 2 rings (SSSR count). The SMILES string of the molecule is O=C(O)CCC(=O)OCCCC1(O)CCOC(=O)C1.O=C1CCC(=O)N1. The third-order valence-corrected chi connectivity index (χ3v) is 3.75. The Labute approximate surface area is 149 Å². The monoisotopic (exact) mass is 373 g/mol. The van der Waals surface area contributed by atoms with Gasteiger partial charge in [0.15, 0.2) is 0 Å². The Balaban J connectivity index is 0.000000401. The Hall–Kier alpha value is -2.49. The van der Waals surface area contributed by atoms with Crippen molar-refractivity contribution in [3.8, 4) is 0 Å². The standard InChI is InChI=1S/C12H18O7.C4H5NO2/c13-9(14)2-3-10(15)18-6-1-4-12(17)5-7-19-11(16)8-12;6-3-1-2-4(7)5-3/h17H,1-8H2,(H,13,14);1-2H2,(H,5,6,7). The average Bonchev–Trinajstić information content (AvgIpc) is 2.93. The molecule has 3 N–H and O–H groups in total. The van der Waals surface area contributed by atoms with Gasteiger partial charge in [-0.15, -0.1) is 0 Å². The maximum atomic E-state index is 11.1. The van der Waals surface area contributed by atoms with E-state index >= 15 is 0 Å². The molecule has 26 heavy (non-hydrogen) atoms. The van der Waals surface area contributed by atoms with Crippen LogP contribution >= 0.6 is 0 Å². The molecule has 0 aromatic rings. The van der Waals surface area contributed by atoms with E-state index in [1.165, 1.54) is 0 Å². The Morgan fingerprint density at radius 2 is 1.81 bits per heavy atom. The number of carboxylic acids is 1. The van der Waals surface area contributed by atoms with Gasteiger partial charge in [0.25, 0.3) is 0 Å². The molecule has 2 saturated heterocycles. The number of carbonyl (C=O) groups excluding carboxylic acids is 4. The predicted octanol–water partition coefficient (Wildman–Crippen LogP) is -0.334. The quantitative estimate of drug-likeness (QED) is 0.309. The smallest absolute Gasteiger partial charge is 0.308 e. The van der Waals surface area contributed by atoms with Gasteiger partial charge in [0.05, 0.1) is 38.1 Å². The van der Waals surface area contributed by atoms with E-state index in [0.717, 1.165) is 0 Å². The molecule has 0 bridgehead atoms. The van der Waals surface area contributed by atoms with Crippen molar-refractivity contribution in [1.82, 2.24) is 5.32 Å². The molecule has 1 atom stereocenters. The third kappa shape index (κ3) is 9.11. The van der Waals surface area contributed by atoms with Crippen molar-refractivity contribution >= 4 is 29.7 Å². The van der Waals surface area contributed by atoms with Crippen molar-refractivity contribution in [3.63, 3.8) is 0 Å². The molecule has 146 valence electrons. The van der Waals surface area contributed by atoms with Crippen LogP contribution in [-0.4, -0.2) is 58.8 Å². The van der Waals surface area contributed by atoms with Gasteiger partial charge in [-0.2, -0.15) is 0 Å². The Morgan fingerprint density at radius 3 is 2.31 bits per heavy atom. The van der Waals surface area contributed by atoms with E-state index in [9.17, 15) is 29.1 Å². The van der Waals surface area contributed by atoms with E-state index in [-0.39, 0.29) is 44.3 Å². The van der Waals surface area contributed by atoms with Gasteiger partial charge in [-0.1, -0.05) is 0 Å². The molecule has 0 aromatic carbocycles. The molecule has 1 unspecified atom stereocenters. The molecule has 2 amide bonds. The van der Waals surface area contributed by atoms with Crippen LogP contribution in [0, 0.1) is 0 Å². The van der Waals surface area contributed by atoms with Crippen LogP contribution < -0.4 is 5.32 Å². The van der Waals surface area contributed by atoms with Crippen LogP contribution in [0.2, 0.25) is 0 Å². The summed E-state index contributed by atoms with van der Waals surface area (Å²) in [5, 5.41) is 20.6. The normalized spacial score (nSPS) is 22.0. The van der Waals surface area contributed by atoms with Gasteiger partial charge in [-0.3, -0.25) is 29.3 Å². The molecule has 10 heteroatoms. The highest BCUT2D eigenvalue weighted by atomic mass is 16.5. The van der Waals surface area contributed by atoms with Crippen molar-refractivity contribution in [3.05, 3.63) is 0 Å². The first kappa shape index (κ1) is 21.6. The van der Waals surface area contributed by atoms with Crippen LogP contribution in [0.25, 0.3) is 0 Å². The summed E-state index contributed by atoms with van der Waals surface area (Å²) in [6, 6.07) is 0. The number of amides is 2. The molecule has 0 aromatic heterocycles. The molecule has 0 saturated carbocycles. The highest BCUT2D eigenvalue weighted by Gasteiger charge is 2.34. The van der Waals surface area contributed by atoms with Crippen molar-refractivity contribution < 1.29 is 43.7 Å².